The monoisotopic (exact) mass is 142 g/mol. The first kappa shape index (κ1) is 7.97. The fraction of sp³-hybridized carbons (Fsp3) is 1.00. The first-order valence-corrected chi connectivity index (χ1v) is 3.32. The van der Waals surface area contributed by atoms with Crippen LogP contribution in [0, 0.1) is 0 Å². The molecule has 2 radical (unpaired) electrons. The first-order valence-electron chi connectivity index (χ1n) is 1.91. The Hall–Kier alpha value is -0.0331. The highest BCUT2D eigenvalue weighted by Gasteiger charge is 2.26. The minimum absolute atomic E-state index is 0.0887. The van der Waals surface area contributed by atoms with Crippen molar-refractivity contribution in [1.29, 1.82) is 0 Å². The topological polar surface area (TPSA) is 9.23 Å². The predicted octanol–water partition coefficient (Wildman–Crippen LogP) is 1.23. The lowest BCUT2D eigenvalue weighted by Crippen LogP contribution is -2.17. The first-order chi connectivity index (χ1) is 3.56. The van der Waals surface area contributed by atoms with Crippen LogP contribution in [0.1, 0.15) is 0 Å². The normalized spacial score (nSPS) is 12.0. The van der Waals surface area contributed by atoms with E-state index in [4.69, 9.17) is 0 Å². The van der Waals surface area contributed by atoms with Gasteiger partial charge in [0.25, 0.3) is 0 Å². The lowest BCUT2D eigenvalue weighted by molar-refractivity contribution is -0.153. The second-order valence-electron chi connectivity index (χ2n) is 1.11. The molecule has 8 heavy (non-hydrogen) atoms. The summed E-state index contributed by atoms with van der Waals surface area (Å²) >= 11 is 0. The van der Waals surface area contributed by atoms with Crippen LogP contribution in [0.15, 0.2) is 0 Å². The van der Waals surface area contributed by atoms with Gasteiger partial charge in [0.2, 0.25) is 9.76 Å². The highest BCUT2D eigenvalue weighted by Crippen LogP contribution is 2.13. The molecule has 0 aromatic carbocycles. The summed E-state index contributed by atoms with van der Waals surface area (Å²) in [4.78, 5) is 0. The van der Waals surface area contributed by atoms with Gasteiger partial charge in [0, 0.05) is 0 Å². The van der Waals surface area contributed by atoms with E-state index in [2.05, 4.69) is 4.43 Å². The quantitative estimate of drug-likeness (QED) is 0.527. The number of alkyl halides is 3. The van der Waals surface area contributed by atoms with E-state index >= 15 is 0 Å². The molecule has 0 saturated carbocycles. The number of rotatable bonds is 2. The van der Waals surface area contributed by atoms with Gasteiger partial charge in [0.15, 0.2) is 0 Å². The van der Waals surface area contributed by atoms with E-state index in [0.29, 0.717) is 0 Å². The Labute approximate surface area is 47.8 Å². The van der Waals surface area contributed by atoms with Crippen LogP contribution < -0.4 is 0 Å². The van der Waals surface area contributed by atoms with Gasteiger partial charge < -0.3 is 4.43 Å². The van der Waals surface area contributed by atoms with Crippen LogP contribution in [0.5, 0.6) is 0 Å². The van der Waals surface area contributed by atoms with E-state index < -0.39 is 12.8 Å². The highest BCUT2D eigenvalue weighted by atomic mass is 28.2. The van der Waals surface area contributed by atoms with Crippen LogP contribution in [-0.2, 0) is 4.43 Å². The molecular weight excluding hydrogens is 137 g/mol. The second-order valence-corrected chi connectivity index (χ2v) is 1.80. The summed E-state index contributed by atoms with van der Waals surface area (Å²) in [5.74, 6) is 0. The largest absolute Gasteiger partial charge is 0.410 e. The number of halogens is 3. The Bertz CT molecular complexity index is 62.0. The molecule has 0 aliphatic heterocycles. The van der Waals surface area contributed by atoms with Crippen LogP contribution >= 0.6 is 0 Å². The maximum Gasteiger partial charge on any atom is 0.410 e. The van der Waals surface area contributed by atoms with Crippen LogP contribution in [-0.4, -0.2) is 22.5 Å². The Balaban J connectivity index is 3.11. The van der Waals surface area contributed by atoms with Gasteiger partial charge in [0.1, 0.15) is 6.61 Å². The third-order valence-electron chi connectivity index (χ3n) is 0.380. The third kappa shape index (κ3) is 5.97. The SMILES string of the molecule is C[Si]OCC(F)(F)F. The van der Waals surface area contributed by atoms with Gasteiger partial charge in [-0.05, 0) is 6.55 Å². The summed E-state index contributed by atoms with van der Waals surface area (Å²) in [6, 6.07) is 0. The van der Waals surface area contributed by atoms with Crippen molar-refractivity contribution < 1.29 is 17.6 Å². The molecule has 0 saturated heterocycles. The van der Waals surface area contributed by atoms with E-state index in [0.717, 1.165) is 0 Å². The average Bonchev–Trinajstić information content (AvgIpc) is 1.59. The Morgan fingerprint density at radius 1 is 1.50 bits per heavy atom. The van der Waals surface area contributed by atoms with Gasteiger partial charge in [-0.25, -0.2) is 0 Å². The standard InChI is InChI=1S/C3H5F3OSi/c1-8-7-2-3(4,5)6/h2H2,1H3. The van der Waals surface area contributed by atoms with E-state index in [9.17, 15) is 13.2 Å². The zero-order chi connectivity index (χ0) is 6.62. The highest BCUT2D eigenvalue weighted by molar-refractivity contribution is 6.24. The van der Waals surface area contributed by atoms with Gasteiger partial charge in [-0.1, -0.05) is 0 Å². The molecule has 48 valence electrons. The molecule has 0 unspecified atom stereocenters. The van der Waals surface area contributed by atoms with Crippen LogP contribution in [0.25, 0.3) is 0 Å². The summed E-state index contributed by atoms with van der Waals surface area (Å²) in [5.41, 5.74) is 0. The average molecular weight is 142 g/mol. The van der Waals surface area contributed by atoms with Crippen molar-refractivity contribution in [3.05, 3.63) is 0 Å². The number of hydrogen-bond acceptors (Lipinski definition) is 1. The molecule has 0 atom stereocenters. The molecule has 0 spiro atoms. The van der Waals surface area contributed by atoms with Gasteiger partial charge in [-0.15, -0.1) is 0 Å². The molecule has 5 heteroatoms. The zero-order valence-electron chi connectivity index (χ0n) is 4.25. The predicted molar refractivity (Wildman–Crippen MR) is 23.6 cm³/mol. The third-order valence-corrected chi connectivity index (χ3v) is 0.813. The lowest BCUT2D eigenvalue weighted by Gasteiger charge is -2.03. The molecule has 0 aromatic heterocycles. The maximum absolute atomic E-state index is 11.1. The minimum atomic E-state index is -4.16. The summed E-state index contributed by atoms with van der Waals surface area (Å²) in [5, 5.41) is 0. The molecule has 0 aromatic rings. The fourth-order valence-electron chi connectivity index (χ4n) is 0.154. The molecule has 0 aliphatic rings. The van der Waals surface area contributed by atoms with Crippen molar-refractivity contribution in [2.45, 2.75) is 12.7 Å². The Kier molecular flexibility index (Phi) is 3.07. The Morgan fingerprint density at radius 2 is 2.00 bits per heavy atom. The van der Waals surface area contributed by atoms with Gasteiger partial charge in [0.05, 0.1) is 0 Å². The lowest BCUT2D eigenvalue weighted by atomic mass is 10.7. The minimum Gasteiger partial charge on any atom is -0.409 e. The molecule has 0 N–H and O–H groups in total. The van der Waals surface area contributed by atoms with Gasteiger partial charge in [-0.2, -0.15) is 13.2 Å². The molecule has 0 rings (SSSR count). The van der Waals surface area contributed by atoms with Crippen LogP contribution in [0.4, 0.5) is 13.2 Å². The molecule has 1 nitrogen and oxygen atoms in total. The Morgan fingerprint density at radius 3 is 2.12 bits per heavy atom. The van der Waals surface area contributed by atoms with E-state index in [1.165, 1.54) is 0 Å². The van der Waals surface area contributed by atoms with Crippen molar-refractivity contribution >= 4 is 9.76 Å². The summed E-state index contributed by atoms with van der Waals surface area (Å²) in [6.45, 7) is 0.424. The van der Waals surface area contributed by atoms with Gasteiger partial charge in [-0.3, -0.25) is 0 Å². The molecule has 0 fully saturated rings. The zero-order valence-corrected chi connectivity index (χ0v) is 5.25. The number of hydrogen-bond donors (Lipinski definition) is 0. The maximum atomic E-state index is 11.1. The summed E-state index contributed by atoms with van der Waals surface area (Å²) < 4.78 is 37.5. The molecule has 0 bridgehead atoms. The van der Waals surface area contributed by atoms with Gasteiger partial charge >= 0.3 is 6.18 Å². The summed E-state index contributed by atoms with van der Waals surface area (Å²) in [6.07, 6.45) is -4.16. The molecule has 0 heterocycles. The van der Waals surface area contributed by atoms with Crippen molar-refractivity contribution in [2.75, 3.05) is 6.61 Å². The molecule has 0 aliphatic carbocycles. The molecule has 0 amide bonds. The van der Waals surface area contributed by atoms with E-state index in [1.807, 2.05) is 0 Å². The summed E-state index contributed by atoms with van der Waals surface area (Å²) in [7, 11) is -0.0887. The van der Waals surface area contributed by atoms with Crippen molar-refractivity contribution in [3.63, 3.8) is 0 Å². The second kappa shape index (κ2) is 3.08. The molecular formula is C3H5F3OSi. The fourth-order valence-corrected chi connectivity index (χ4v) is 0.462. The van der Waals surface area contributed by atoms with E-state index in [-0.39, 0.29) is 9.76 Å². The smallest absolute Gasteiger partial charge is 0.409 e. The van der Waals surface area contributed by atoms with Crippen LogP contribution in [0.3, 0.4) is 0 Å². The van der Waals surface area contributed by atoms with Crippen molar-refractivity contribution in [3.8, 4) is 0 Å². The van der Waals surface area contributed by atoms with E-state index in [1.54, 1.807) is 6.55 Å². The van der Waals surface area contributed by atoms with Crippen molar-refractivity contribution in [1.82, 2.24) is 0 Å². The van der Waals surface area contributed by atoms with Crippen molar-refractivity contribution in [2.24, 2.45) is 0 Å². The van der Waals surface area contributed by atoms with Crippen LogP contribution in [0.2, 0.25) is 6.55 Å².